The summed E-state index contributed by atoms with van der Waals surface area (Å²) >= 11 is 0. The molecule has 0 saturated carbocycles. The number of nitrogens with one attached hydrogen (secondary N) is 1. The van der Waals surface area contributed by atoms with Gasteiger partial charge in [0, 0.05) is 26.1 Å². The molecule has 0 aromatic carbocycles. The Bertz CT molecular complexity index is 428. The Morgan fingerprint density at radius 2 is 1.85 bits per heavy atom. The van der Waals surface area contributed by atoms with Gasteiger partial charge in [-0.1, -0.05) is 0 Å². The van der Waals surface area contributed by atoms with E-state index in [4.69, 9.17) is 5.11 Å². The van der Waals surface area contributed by atoms with Gasteiger partial charge in [-0.2, -0.15) is 0 Å². The van der Waals surface area contributed by atoms with Gasteiger partial charge in [-0.05, 0) is 20.3 Å². The van der Waals surface area contributed by atoms with Crippen LogP contribution in [0.25, 0.3) is 0 Å². The number of carboxylic acids is 1. The summed E-state index contributed by atoms with van der Waals surface area (Å²) in [5.41, 5.74) is 0. The van der Waals surface area contributed by atoms with E-state index < -0.39 is 5.97 Å². The predicted molar refractivity (Wildman–Crippen MR) is 69.8 cm³/mol. The van der Waals surface area contributed by atoms with Gasteiger partial charge in [0.2, 0.25) is 0 Å². The number of likely N-dealkylation sites (N-methyl/N-ethyl adjacent to an activating group) is 2. The van der Waals surface area contributed by atoms with E-state index in [0.29, 0.717) is 26.1 Å². The number of carbonyl (C=O) groups excluding carboxylic acids is 2. The first-order chi connectivity index (χ1) is 9.51. The van der Waals surface area contributed by atoms with Crippen molar-refractivity contribution < 1.29 is 19.5 Å². The summed E-state index contributed by atoms with van der Waals surface area (Å²) in [6.45, 7) is 5.11. The second kappa shape index (κ2) is 5.56. The number of rotatable bonds is 6. The van der Waals surface area contributed by atoms with E-state index in [2.05, 4.69) is 5.32 Å². The molecule has 2 atom stereocenters. The maximum absolute atomic E-state index is 12.2. The number of hydrogen-bond donors (Lipinski definition) is 2. The molecular formula is C12H20N4O4. The minimum Gasteiger partial charge on any atom is -0.481 e. The highest BCUT2D eigenvalue weighted by molar-refractivity contribution is 5.85. The Morgan fingerprint density at radius 3 is 2.40 bits per heavy atom. The molecule has 4 amide bonds. The summed E-state index contributed by atoms with van der Waals surface area (Å²) in [5.74, 6) is -0.883. The molecule has 2 heterocycles. The third-order valence-corrected chi connectivity index (χ3v) is 3.75. The first-order valence-corrected chi connectivity index (χ1v) is 6.87. The number of carbonyl (C=O) groups is 3. The molecule has 8 heteroatoms. The van der Waals surface area contributed by atoms with E-state index in [1.807, 2.05) is 13.8 Å². The third kappa shape index (κ3) is 2.25. The van der Waals surface area contributed by atoms with Crippen molar-refractivity contribution in [2.45, 2.75) is 39.0 Å². The maximum atomic E-state index is 12.2. The Balaban J connectivity index is 2.11. The quantitative estimate of drug-likeness (QED) is 0.734. The third-order valence-electron chi connectivity index (χ3n) is 3.75. The van der Waals surface area contributed by atoms with Gasteiger partial charge in [-0.3, -0.25) is 4.79 Å². The molecule has 0 radical (unpaired) electrons. The van der Waals surface area contributed by atoms with Crippen LogP contribution in [0.15, 0.2) is 0 Å². The largest absolute Gasteiger partial charge is 0.481 e. The van der Waals surface area contributed by atoms with Crippen molar-refractivity contribution in [3.63, 3.8) is 0 Å². The zero-order chi connectivity index (χ0) is 14.9. The second-order valence-corrected chi connectivity index (χ2v) is 4.85. The number of fused-ring (bicyclic) bond motifs is 1. The molecule has 112 valence electrons. The smallest absolute Gasteiger partial charge is 0.323 e. The highest BCUT2D eigenvalue weighted by atomic mass is 16.4. The van der Waals surface area contributed by atoms with Gasteiger partial charge in [0.1, 0.15) is 12.3 Å². The summed E-state index contributed by atoms with van der Waals surface area (Å²) in [6.07, 6.45) is -0.290. The van der Waals surface area contributed by atoms with Crippen LogP contribution in [0.4, 0.5) is 9.59 Å². The highest BCUT2D eigenvalue weighted by Crippen LogP contribution is 2.28. The van der Waals surface area contributed by atoms with Crippen LogP contribution in [-0.2, 0) is 4.79 Å². The standard InChI is InChI=1S/C12H20N4O4/c1-3-14-9-10(15(4-2)12(14)20)16(11(19)13-9)7-5-6-8(17)18/h9-10H,3-7H2,1-2H3,(H,13,19)(H,17,18)/t9-,10-/m1/s1. The minimum atomic E-state index is -0.883. The van der Waals surface area contributed by atoms with E-state index in [-0.39, 0.29) is 30.8 Å². The summed E-state index contributed by atoms with van der Waals surface area (Å²) in [5, 5.41) is 11.5. The molecule has 2 saturated heterocycles. The van der Waals surface area contributed by atoms with Crippen LogP contribution < -0.4 is 5.32 Å². The Morgan fingerprint density at radius 1 is 1.20 bits per heavy atom. The average Bonchev–Trinajstić information content (AvgIpc) is 2.82. The van der Waals surface area contributed by atoms with Crippen molar-refractivity contribution in [1.82, 2.24) is 20.0 Å². The molecule has 0 aromatic heterocycles. The van der Waals surface area contributed by atoms with Crippen LogP contribution in [0, 0.1) is 0 Å². The minimum absolute atomic E-state index is 0.0126. The van der Waals surface area contributed by atoms with Crippen LogP contribution in [0.5, 0.6) is 0 Å². The van der Waals surface area contributed by atoms with Crippen molar-refractivity contribution in [1.29, 1.82) is 0 Å². The molecule has 0 aliphatic carbocycles. The summed E-state index contributed by atoms with van der Waals surface area (Å²) in [6, 6.07) is -0.331. The fourth-order valence-corrected chi connectivity index (χ4v) is 2.84. The van der Waals surface area contributed by atoms with Gasteiger partial charge in [-0.15, -0.1) is 0 Å². The van der Waals surface area contributed by atoms with Gasteiger partial charge in [0.15, 0.2) is 0 Å². The van der Waals surface area contributed by atoms with Gasteiger partial charge in [0.25, 0.3) is 0 Å². The molecule has 0 spiro atoms. The van der Waals surface area contributed by atoms with E-state index in [0.717, 1.165) is 0 Å². The maximum Gasteiger partial charge on any atom is 0.323 e. The first-order valence-electron chi connectivity index (χ1n) is 6.87. The van der Waals surface area contributed by atoms with Crippen LogP contribution in [0.2, 0.25) is 0 Å². The van der Waals surface area contributed by atoms with Crippen molar-refractivity contribution in [3.8, 4) is 0 Å². The predicted octanol–water partition coefficient (Wildman–Crippen LogP) is 0.306. The van der Waals surface area contributed by atoms with Gasteiger partial charge >= 0.3 is 18.0 Å². The van der Waals surface area contributed by atoms with Gasteiger partial charge in [-0.25, -0.2) is 9.59 Å². The van der Waals surface area contributed by atoms with Crippen LogP contribution >= 0.6 is 0 Å². The number of aliphatic carboxylic acids is 1. The summed E-state index contributed by atoms with van der Waals surface area (Å²) < 4.78 is 0. The zero-order valence-electron chi connectivity index (χ0n) is 11.7. The zero-order valence-corrected chi connectivity index (χ0v) is 11.7. The Hall–Kier alpha value is -1.99. The van der Waals surface area contributed by atoms with Crippen LogP contribution in [-0.4, -0.2) is 69.8 Å². The van der Waals surface area contributed by atoms with Crippen molar-refractivity contribution in [2.75, 3.05) is 19.6 Å². The average molecular weight is 284 g/mol. The number of urea groups is 2. The fraction of sp³-hybridized carbons (Fsp3) is 0.750. The van der Waals surface area contributed by atoms with Crippen molar-refractivity contribution in [3.05, 3.63) is 0 Å². The summed E-state index contributed by atoms with van der Waals surface area (Å²) in [7, 11) is 0. The molecule has 2 aliphatic rings. The number of carboxylic acid groups (broad SMARTS) is 1. The molecule has 2 N–H and O–H groups in total. The first kappa shape index (κ1) is 14.4. The molecule has 0 bridgehead atoms. The number of amides is 4. The SMILES string of the molecule is CCN1C(=O)N(CC)[C@H]2NC(=O)N(CCCC(=O)O)[C@H]21. The molecular weight excluding hydrogens is 264 g/mol. The molecule has 20 heavy (non-hydrogen) atoms. The lowest BCUT2D eigenvalue weighted by Crippen LogP contribution is -2.46. The van der Waals surface area contributed by atoms with Gasteiger partial charge in [0.05, 0.1) is 0 Å². The summed E-state index contributed by atoms with van der Waals surface area (Å²) in [4.78, 5) is 39.6. The lowest BCUT2D eigenvalue weighted by Gasteiger charge is -2.28. The molecule has 2 rings (SSSR count). The molecule has 2 aliphatic heterocycles. The molecule has 8 nitrogen and oxygen atoms in total. The lowest BCUT2D eigenvalue weighted by molar-refractivity contribution is -0.137. The molecule has 0 unspecified atom stereocenters. The highest BCUT2D eigenvalue weighted by Gasteiger charge is 2.53. The lowest BCUT2D eigenvalue weighted by atomic mass is 10.2. The monoisotopic (exact) mass is 284 g/mol. The van der Waals surface area contributed by atoms with Gasteiger partial charge < -0.3 is 25.1 Å². The van der Waals surface area contributed by atoms with E-state index in [9.17, 15) is 14.4 Å². The normalized spacial score (nSPS) is 25.2. The fourth-order valence-electron chi connectivity index (χ4n) is 2.84. The second-order valence-electron chi connectivity index (χ2n) is 4.85. The van der Waals surface area contributed by atoms with E-state index in [1.165, 1.54) is 0 Å². The topological polar surface area (TPSA) is 93.2 Å². The van der Waals surface area contributed by atoms with E-state index in [1.54, 1.807) is 14.7 Å². The molecule has 0 aromatic rings. The molecule has 2 fully saturated rings. The van der Waals surface area contributed by atoms with E-state index >= 15 is 0 Å². The van der Waals surface area contributed by atoms with Crippen LogP contribution in [0.3, 0.4) is 0 Å². The Labute approximate surface area is 117 Å². The van der Waals surface area contributed by atoms with Crippen molar-refractivity contribution >= 4 is 18.0 Å². The van der Waals surface area contributed by atoms with Crippen molar-refractivity contribution in [2.24, 2.45) is 0 Å². The number of nitrogens with zero attached hydrogens (tertiary/aromatic N) is 3. The Kier molecular flexibility index (Phi) is 4.01. The van der Waals surface area contributed by atoms with Crippen LogP contribution in [0.1, 0.15) is 26.7 Å². The number of hydrogen-bond acceptors (Lipinski definition) is 3.